The van der Waals surface area contributed by atoms with Crippen LogP contribution in [-0.4, -0.2) is 53.0 Å². The van der Waals surface area contributed by atoms with Crippen molar-refractivity contribution in [1.82, 2.24) is 14.9 Å². The summed E-state index contributed by atoms with van der Waals surface area (Å²) in [6.45, 7) is 7.61. The quantitative estimate of drug-likeness (QED) is 0.919. The Labute approximate surface area is 141 Å². The van der Waals surface area contributed by atoms with Crippen LogP contribution in [0.5, 0.6) is 0 Å². The lowest BCUT2D eigenvalue weighted by Gasteiger charge is -2.34. The lowest BCUT2D eigenvalue weighted by atomic mass is 9.98. The number of aromatic nitrogens is 1. The summed E-state index contributed by atoms with van der Waals surface area (Å²) in [7, 11) is 0. The van der Waals surface area contributed by atoms with Gasteiger partial charge in [0.1, 0.15) is 0 Å². The summed E-state index contributed by atoms with van der Waals surface area (Å²) in [4.78, 5) is 34.9. The number of rotatable bonds is 2. The molecule has 1 saturated heterocycles. The largest absolute Gasteiger partial charge is 0.367 e. The van der Waals surface area contributed by atoms with E-state index in [-0.39, 0.29) is 11.9 Å². The van der Waals surface area contributed by atoms with E-state index in [1.54, 1.807) is 9.96 Å². The van der Waals surface area contributed by atoms with Gasteiger partial charge in [-0.15, -0.1) is 5.06 Å². The Bertz CT molecular complexity index is 752. The highest BCUT2D eigenvalue weighted by molar-refractivity contribution is 5.98. The number of hydrogen-bond donors (Lipinski definition) is 1. The van der Waals surface area contributed by atoms with Gasteiger partial charge in [-0.3, -0.25) is 4.79 Å². The minimum absolute atomic E-state index is 0.00768. The zero-order chi connectivity index (χ0) is 17.3. The van der Waals surface area contributed by atoms with Gasteiger partial charge in [0.15, 0.2) is 0 Å². The van der Waals surface area contributed by atoms with E-state index in [9.17, 15) is 9.59 Å². The molecule has 6 heteroatoms. The molecule has 128 valence electrons. The Morgan fingerprint density at radius 2 is 1.79 bits per heavy atom. The van der Waals surface area contributed by atoms with E-state index in [2.05, 4.69) is 4.98 Å². The number of amides is 1. The zero-order valence-electron chi connectivity index (χ0n) is 14.3. The number of fused-ring (bicyclic) bond motifs is 1. The van der Waals surface area contributed by atoms with E-state index >= 15 is 0 Å². The third-order valence-electron chi connectivity index (χ3n) is 4.15. The van der Waals surface area contributed by atoms with Crippen LogP contribution in [0.2, 0.25) is 0 Å². The lowest BCUT2D eigenvalue weighted by Crippen LogP contribution is -2.49. The van der Waals surface area contributed by atoms with Crippen molar-refractivity contribution in [2.24, 2.45) is 5.41 Å². The molecule has 1 amide bonds. The fourth-order valence-corrected chi connectivity index (χ4v) is 2.60. The Balaban J connectivity index is 1.60. The smallest absolute Gasteiger partial charge is 0.330 e. The molecule has 0 saturated carbocycles. The normalized spacial score (nSPS) is 16.4. The second kappa shape index (κ2) is 6.28. The monoisotopic (exact) mass is 329 g/mol. The third kappa shape index (κ3) is 3.43. The van der Waals surface area contributed by atoms with Crippen LogP contribution >= 0.6 is 0 Å². The molecule has 0 aliphatic carbocycles. The molecule has 1 N–H and O–H groups in total. The van der Waals surface area contributed by atoms with E-state index in [0.29, 0.717) is 31.7 Å². The number of aromatic amines is 1. The summed E-state index contributed by atoms with van der Waals surface area (Å²) in [5, 5.41) is 2.73. The number of carbonyl (C=O) groups excluding carboxylic acids is 2. The third-order valence-corrected chi connectivity index (χ3v) is 4.15. The molecule has 1 aromatic carbocycles. The van der Waals surface area contributed by atoms with Crippen LogP contribution in [0, 0.1) is 5.41 Å². The fourth-order valence-electron chi connectivity index (χ4n) is 2.60. The summed E-state index contributed by atoms with van der Waals surface area (Å²) in [6.07, 6.45) is 1.86. The van der Waals surface area contributed by atoms with Gasteiger partial charge in [-0.2, -0.15) is 0 Å². The molecule has 0 bridgehead atoms. The molecular formula is C18H23N3O3. The van der Waals surface area contributed by atoms with Crippen LogP contribution in [0.3, 0.4) is 0 Å². The predicted molar refractivity (Wildman–Crippen MR) is 91.3 cm³/mol. The first-order valence-corrected chi connectivity index (χ1v) is 8.18. The molecule has 1 fully saturated rings. The molecule has 2 aromatic rings. The molecule has 0 unspecified atom stereocenters. The van der Waals surface area contributed by atoms with Gasteiger partial charge in [-0.05, 0) is 44.4 Å². The van der Waals surface area contributed by atoms with E-state index in [4.69, 9.17) is 4.84 Å². The zero-order valence-corrected chi connectivity index (χ0v) is 14.3. The Morgan fingerprint density at radius 3 is 2.46 bits per heavy atom. The maximum Gasteiger partial charge on any atom is 0.330 e. The van der Waals surface area contributed by atoms with Gasteiger partial charge in [0.25, 0.3) is 5.91 Å². The molecule has 1 aromatic heterocycles. The van der Waals surface area contributed by atoms with Gasteiger partial charge in [0.05, 0.1) is 18.5 Å². The Hall–Kier alpha value is -2.34. The maximum atomic E-state index is 12.6. The topological polar surface area (TPSA) is 65.6 Å². The Morgan fingerprint density at radius 1 is 1.08 bits per heavy atom. The molecule has 1 aliphatic heterocycles. The van der Waals surface area contributed by atoms with E-state index < -0.39 is 5.41 Å². The number of nitrogens with zero attached hydrogens (tertiary/aromatic N) is 2. The highest BCUT2D eigenvalue weighted by Gasteiger charge is 2.29. The van der Waals surface area contributed by atoms with Crippen LogP contribution in [-0.2, 0) is 9.63 Å². The molecule has 0 radical (unpaired) electrons. The molecular weight excluding hydrogens is 306 g/mol. The van der Waals surface area contributed by atoms with Crippen molar-refractivity contribution in [2.45, 2.75) is 20.8 Å². The molecule has 6 nitrogen and oxygen atoms in total. The van der Waals surface area contributed by atoms with Crippen LogP contribution in [0.4, 0.5) is 0 Å². The van der Waals surface area contributed by atoms with Crippen molar-refractivity contribution in [3.63, 3.8) is 0 Å². The molecule has 1 aliphatic rings. The average Bonchev–Trinajstić information content (AvgIpc) is 3.01. The SMILES string of the molecule is CC(C)(C)C(=O)ON1CCN(C(=O)c2ccc3cc[nH]c3c2)CC1. The second-order valence-electron chi connectivity index (χ2n) is 7.13. The van der Waals surface area contributed by atoms with E-state index in [1.165, 1.54) is 0 Å². The number of hydrogen-bond acceptors (Lipinski definition) is 4. The van der Waals surface area contributed by atoms with Crippen molar-refractivity contribution in [3.05, 3.63) is 36.0 Å². The highest BCUT2D eigenvalue weighted by Crippen LogP contribution is 2.19. The minimum atomic E-state index is -0.529. The number of piperazine rings is 1. The second-order valence-corrected chi connectivity index (χ2v) is 7.13. The highest BCUT2D eigenvalue weighted by atomic mass is 16.7. The minimum Gasteiger partial charge on any atom is -0.367 e. The van der Waals surface area contributed by atoms with Crippen LogP contribution in [0.25, 0.3) is 10.9 Å². The number of H-pyrrole nitrogens is 1. The first kappa shape index (κ1) is 16.5. The van der Waals surface area contributed by atoms with E-state index in [1.807, 2.05) is 51.2 Å². The van der Waals surface area contributed by atoms with E-state index in [0.717, 1.165) is 10.9 Å². The predicted octanol–water partition coefficient (Wildman–Crippen LogP) is 2.43. The van der Waals surface area contributed by atoms with Gasteiger partial charge in [0, 0.05) is 30.4 Å². The van der Waals surface area contributed by atoms with Gasteiger partial charge < -0.3 is 14.7 Å². The van der Waals surface area contributed by atoms with Crippen LogP contribution < -0.4 is 0 Å². The summed E-state index contributed by atoms with van der Waals surface area (Å²) < 4.78 is 0. The maximum absolute atomic E-state index is 12.6. The van der Waals surface area contributed by atoms with Gasteiger partial charge >= 0.3 is 5.97 Å². The van der Waals surface area contributed by atoms with Crippen molar-refractivity contribution < 1.29 is 14.4 Å². The first-order valence-electron chi connectivity index (χ1n) is 8.18. The van der Waals surface area contributed by atoms with Crippen LogP contribution in [0.15, 0.2) is 30.5 Å². The summed E-state index contributed by atoms with van der Waals surface area (Å²) in [5.41, 5.74) is 1.10. The molecule has 2 heterocycles. The lowest BCUT2D eigenvalue weighted by molar-refractivity contribution is -0.205. The van der Waals surface area contributed by atoms with Crippen molar-refractivity contribution in [2.75, 3.05) is 26.2 Å². The number of hydroxylamine groups is 2. The summed E-state index contributed by atoms with van der Waals surface area (Å²) in [6, 6.07) is 7.65. The fraction of sp³-hybridized carbons (Fsp3) is 0.444. The number of benzene rings is 1. The standard InChI is InChI=1S/C18H23N3O3/c1-18(2,3)17(23)24-21-10-8-20(9-11-21)16(22)14-5-4-13-6-7-19-15(13)12-14/h4-7,12,19H,8-11H2,1-3H3. The molecule has 0 atom stereocenters. The molecule has 24 heavy (non-hydrogen) atoms. The first-order chi connectivity index (χ1) is 11.3. The number of nitrogens with one attached hydrogen (secondary N) is 1. The summed E-state index contributed by atoms with van der Waals surface area (Å²) in [5.74, 6) is -0.243. The van der Waals surface area contributed by atoms with Crippen molar-refractivity contribution in [1.29, 1.82) is 0 Å². The van der Waals surface area contributed by atoms with Crippen LogP contribution in [0.1, 0.15) is 31.1 Å². The van der Waals surface area contributed by atoms with Gasteiger partial charge in [0.2, 0.25) is 0 Å². The van der Waals surface area contributed by atoms with Crippen molar-refractivity contribution >= 4 is 22.8 Å². The molecule has 3 rings (SSSR count). The Kier molecular flexibility index (Phi) is 4.32. The van der Waals surface area contributed by atoms with Gasteiger partial charge in [-0.1, -0.05) is 6.07 Å². The average molecular weight is 329 g/mol. The number of carbonyl (C=O) groups is 2. The van der Waals surface area contributed by atoms with Crippen molar-refractivity contribution in [3.8, 4) is 0 Å². The summed E-state index contributed by atoms with van der Waals surface area (Å²) >= 11 is 0. The molecule has 0 spiro atoms. The van der Waals surface area contributed by atoms with Gasteiger partial charge in [-0.25, -0.2) is 4.79 Å².